The Hall–Kier alpha value is -1.42. The van der Waals surface area contributed by atoms with E-state index in [1.54, 1.807) is 7.11 Å². The van der Waals surface area contributed by atoms with Crippen LogP contribution in [0.1, 0.15) is 0 Å². The average molecular weight is 242 g/mol. The summed E-state index contributed by atoms with van der Waals surface area (Å²) in [5.41, 5.74) is 0. The summed E-state index contributed by atoms with van der Waals surface area (Å²) in [6, 6.07) is 6.18. The molecule has 3 rings (SSSR count). The van der Waals surface area contributed by atoms with Gasteiger partial charge in [-0.3, -0.25) is 0 Å². The van der Waals surface area contributed by atoms with Gasteiger partial charge in [-0.2, -0.15) is 0 Å². The summed E-state index contributed by atoms with van der Waals surface area (Å²) in [6.45, 7) is 0.544. The van der Waals surface area contributed by atoms with Crippen LogP contribution in [0.15, 0.2) is 18.2 Å². The first kappa shape index (κ1) is 11.1. The highest BCUT2D eigenvalue weighted by molar-refractivity contribution is 6.18. The van der Waals surface area contributed by atoms with Crippen LogP contribution in [0.5, 0.6) is 5.75 Å². The average Bonchev–Trinajstić information content (AvgIpc) is 2.69. The molecule has 16 heavy (non-hydrogen) atoms. The Kier molecular flexibility index (Phi) is 3.19. The zero-order valence-electron chi connectivity index (χ0n) is 8.83. The smallest absolute Gasteiger partial charge is 0.407 e. The summed E-state index contributed by atoms with van der Waals surface area (Å²) in [4.78, 5) is 10.2. The predicted molar refractivity (Wildman–Crippen MR) is 59.7 cm³/mol. The van der Waals surface area contributed by atoms with Gasteiger partial charge < -0.3 is 14.8 Å². The highest BCUT2D eigenvalue weighted by Gasteiger charge is 2.20. The fourth-order valence-electron chi connectivity index (χ4n) is 1.44. The number of carbonyl (C=O) groups is 1. The summed E-state index contributed by atoms with van der Waals surface area (Å²) < 4.78 is 9.60. The van der Waals surface area contributed by atoms with Gasteiger partial charge in [-0.05, 0) is 11.3 Å². The van der Waals surface area contributed by atoms with E-state index in [0.717, 1.165) is 5.75 Å². The van der Waals surface area contributed by atoms with Gasteiger partial charge in [-0.1, -0.05) is 12.1 Å². The van der Waals surface area contributed by atoms with Gasteiger partial charge in [0.25, 0.3) is 0 Å². The fourth-order valence-corrected chi connectivity index (χ4v) is 1.61. The third-order valence-electron chi connectivity index (χ3n) is 2.43. The molecule has 0 spiro atoms. The van der Waals surface area contributed by atoms with Crippen molar-refractivity contribution in [3.63, 3.8) is 0 Å². The van der Waals surface area contributed by atoms with Gasteiger partial charge in [0.2, 0.25) is 0 Å². The monoisotopic (exact) mass is 241 g/mol. The zero-order valence-corrected chi connectivity index (χ0v) is 9.58. The molecule has 0 bridgehead atoms. The second-order valence-corrected chi connectivity index (χ2v) is 3.79. The molecule has 0 radical (unpaired) electrons. The Morgan fingerprint density at radius 2 is 2.44 bits per heavy atom. The Labute approximate surface area is 97.8 Å². The lowest BCUT2D eigenvalue weighted by Gasteiger charge is -2.08. The maximum Gasteiger partial charge on any atom is 0.407 e. The van der Waals surface area contributed by atoms with E-state index in [4.69, 9.17) is 16.3 Å². The van der Waals surface area contributed by atoms with Crippen molar-refractivity contribution >= 4 is 17.7 Å². The molecule has 2 aliphatic carbocycles. The quantitative estimate of drug-likeness (QED) is 0.813. The van der Waals surface area contributed by atoms with Crippen molar-refractivity contribution in [1.82, 2.24) is 5.32 Å². The molecule has 0 aromatic rings. The molecule has 1 fully saturated rings. The summed E-state index contributed by atoms with van der Waals surface area (Å²) >= 11 is 5.36. The van der Waals surface area contributed by atoms with E-state index in [9.17, 15) is 4.79 Å². The maximum atomic E-state index is 10.2. The van der Waals surface area contributed by atoms with Crippen molar-refractivity contribution in [1.29, 1.82) is 0 Å². The highest BCUT2D eigenvalue weighted by Crippen LogP contribution is 2.22. The number of amides is 1. The fraction of sp³-hybridized carbons (Fsp3) is 0.364. The zero-order chi connectivity index (χ0) is 11.5. The minimum absolute atomic E-state index is 0.121. The van der Waals surface area contributed by atoms with E-state index in [1.165, 1.54) is 10.4 Å². The Balaban J connectivity index is 0.000000120. The maximum absolute atomic E-state index is 10.2. The van der Waals surface area contributed by atoms with Crippen LogP contribution in [0.2, 0.25) is 0 Å². The first-order chi connectivity index (χ1) is 7.74. The minimum atomic E-state index is -0.365. The molecule has 1 atom stereocenters. The number of hydrogen-bond donors (Lipinski definition) is 1. The van der Waals surface area contributed by atoms with Crippen LogP contribution in [0.25, 0.3) is 0 Å². The lowest BCUT2D eigenvalue weighted by Crippen LogP contribution is -2.15. The second kappa shape index (κ2) is 4.61. The molecule has 1 saturated heterocycles. The molecule has 86 valence electrons. The van der Waals surface area contributed by atoms with Gasteiger partial charge in [0.15, 0.2) is 0 Å². The van der Waals surface area contributed by atoms with Crippen molar-refractivity contribution < 1.29 is 14.3 Å². The van der Waals surface area contributed by atoms with Gasteiger partial charge in [0.1, 0.15) is 11.9 Å². The third kappa shape index (κ3) is 2.07. The van der Waals surface area contributed by atoms with E-state index in [1.807, 2.05) is 6.07 Å². The number of nitrogens with one attached hydrogen (secondary N) is 1. The topological polar surface area (TPSA) is 47.6 Å². The van der Waals surface area contributed by atoms with Crippen LogP contribution >= 0.6 is 11.6 Å². The molecule has 4 nitrogen and oxygen atoms in total. The van der Waals surface area contributed by atoms with Gasteiger partial charge in [-0.15, -0.1) is 11.6 Å². The van der Waals surface area contributed by atoms with E-state index >= 15 is 0 Å². The molecule has 1 unspecified atom stereocenters. The third-order valence-corrected chi connectivity index (χ3v) is 2.78. The lowest BCUT2D eigenvalue weighted by molar-refractivity contribution is 0.149. The molecule has 0 aromatic carbocycles. The Morgan fingerprint density at radius 3 is 2.62 bits per heavy atom. The molecule has 1 heterocycles. The van der Waals surface area contributed by atoms with Crippen molar-refractivity contribution in [2.75, 3.05) is 19.5 Å². The summed E-state index contributed by atoms with van der Waals surface area (Å²) in [5.74, 6) is 1.40. The molecule has 0 aromatic heterocycles. The molecule has 1 amide bonds. The number of hydrogen-bond acceptors (Lipinski definition) is 3. The molecule has 0 saturated carbocycles. The number of alkyl carbamates (subject to hydrolysis) is 1. The summed E-state index contributed by atoms with van der Waals surface area (Å²) in [5, 5.41) is 5.09. The standard InChI is InChI=1S/C7H6O.C4H6ClNO2/c1-8-7-4-5-2-3-6(5)7;5-1-3-2-6-4(7)8-3/h2-4H,1H3;3H,1-2H2,(H,6,7). The number of alkyl halides is 1. The van der Waals surface area contributed by atoms with Gasteiger partial charge in [0, 0.05) is 5.22 Å². The predicted octanol–water partition coefficient (Wildman–Crippen LogP) is 1.63. The van der Waals surface area contributed by atoms with Crippen molar-refractivity contribution in [3.8, 4) is 5.75 Å². The van der Waals surface area contributed by atoms with Crippen LogP contribution in [0, 0.1) is 10.4 Å². The van der Waals surface area contributed by atoms with E-state index in [-0.39, 0.29) is 12.2 Å². The first-order valence-corrected chi connectivity index (χ1v) is 5.47. The van der Waals surface area contributed by atoms with E-state index in [0.29, 0.717) is 12.4 Å². The van der Waals surface area contributed by atoms with E-state index < -0.39 is 0 Å². The lowest BCUT2D eigenvalue weighted by atomic mass is 10.1. The number of carbonyl (C=O) groups excluding carboxylic acids is 1. The molecular weight excluding hydrogens is 230 g/mol. The number of ether oxygens (including phenoxy) is 2. The number of rotatable bonds is 2. The van der Waals surface area contributed by atoms with Crippen LogP contribution in [-0.2, 0) is 4.74 Å². The molecule has 1 N–H and O–H groups in total. The molecule has 3 aliphatic rings. The van der Waals surface area contributed by atoms with Gasteiger partial charge in [0.05, 0.1) is 19.5 Å². The number of benzene rings is 1. The molecule has 1 aliphatic heterocycles. The normalized spacial score (nSPS) is 19.1. The van der Waals surface area contributed by atoms with Gasteiger partial charge >= 0.3 is 6.09 Å². The number of methoxy groups -OCH3 is 1. The molecular formula is C11H12ClNO3. The first-order valence-electron chi connectivity index (χ1n) is 4.93. The Morgan fingerprint density at radius 1 is 1.62 bits per heavy atom. The van der Waals surface area contributed by atoms with Crippen molar-refractivity contribution in [2.45, 2.75) is 6.10 Å². The number of halogens is 1. The van der Waals surface area contributed by atoms with E-state index in [2.05, 4.69) is 22.2 Å². The Bertz CT molecular complexity index is 488. The second-order valence-electron chi connectivity index (χ2n) is 3.48. The minimum Gasteiger partial charge on any atom is -0.496 e. The van der Waals surface area contributed by atoms with Crippen LogP contribution in [-0.4, -0.2) is 31.7 Å². The summed E-state index contributed by atoms with van der Waals surface area (Å²) in [7, 11) is 1.70. The highest BCUT2D eigenvalue weighted by atomic mass is 35.5. The molecule has 5 heteroatoms. The van der Waals surface area contributed by atoms with Crippen LogP contribution < -0.4 is 10.1 Å². The van der Waals surface area contributed by atoms with Crippen molar-refractivity contribution in [2.24, 2.45) is 0 Å². The van der Waals surface area contributed by atoms with Crippen molar-refractivity contribution in [3.05, 3.63) is 28.6 Å². The van der Waals surface area contributed by atoms with Crippen LogP contribution in [0.4, 0.5) is 4.79 Å². The SMILES string of the molecule is COc1cc2ccc1=2.O=C1NCC(CCl)O1. The largest absolute Gasteiger partial charge is 0.496 e. The van der Waals surface area contributed by atoms with Gasteiger partial charge in [-0.25, -0.2) is 4.79 Å². The van der Waals surface area contributed by atoms with Crippen LogP contribution in [0.3, 0.4) is 0 Å². The summed E-state index contributed by atoms with van der Waals surface area (Å²) in [6.07, 6.45) is -0.486. The number of cyclic esters (lactones) is 1.